The van der Waals surface area contributed by atoms with Gasteiger partial charge < -0.3 is 24.8 Å². The van der Waals surface area contributed by atoms with E-state index in [0.29, 0.717) is 0 Å². The zero-order valence-corrected chi connectivity index (χ0v) is 16.9. The Bertz CT molecular complexity index is 673. The Balaban J connectivity index is 0.000000336. The molecule has 0 saturated heterocycles. The number of hydrogen-bond donors (Lipinski definition) is 0. The number of hydrogen-bond acceptors (Lipinski definition) is 0. The average molecular weight is 420 g/mol. The van der Waals surface area contributed by atoms with Crippen molar-refractivity contribution < 1.29 is 49.0 Å². The molecule has 0 atom stereocenters. The predicted octanol–water partition coefficient (Wildman–Crippen LogP) is -0.519. The standard InChI is InChI=1S/2C9H7.C2H4.2ClH.Zr/c2*1-2-5-9-7-3-6-8(9)4-1;1-2;;;/h2*1-7H;1H,2H3;2*1H;/q2*-1;;;;+2/p-2. The maximum Gasteiger partial charge on any atom is -0.0809 e. The van der Waals surface area contributed by atoms with Gasteiger partial charge in [0.15, 0.2) is 0 Å². The molecule has 0 amide bonds. The molecule has 0 fully saturated rings. The van der Waals surface area contributed by atoms with E-state index in [2.05, 4.69) is 88.6 Å². The molecule has 0 heterocycles. The zero-order chi connectivity index (χ0) is 14.9. The molecule has 118 valence electrons. The molecule has 0 aliphatic carbocycles. The molecule has 23 heavy (non-hydrogen) atoms. The van der Waals surface area contributed by atoms with Gasteiger partial charge in [-0.15, -0.1) is 59.3 Å². The van der Waals surface area contributed by atoms with Gasteiger partial charge in [-0.3, -0.25) is 0 Å². The first kappa shape index (κ1) is 22.0. The van der Waals surface area contributed by atoms with Crippen LogP contribution in [-0.4, -0.2) is 3.71 Å². The van der Waals surface area contributed by atoms with Crippen LogP contribution in [0.3, 0.4) is 0 Å². The Labute approximate surface area is 165 Å². The minimum Gasteiger partial charge on any atom is -1.00 e. The fourth-order valence-corrected chi connectivity index (χ4v) is 2.14. The summed E-state index contributed by atoms with van der Waals surface area (Å²) in [6.45, 7) is 2.04. The summed E-state index contributed by atoms with van der Waals surface area (Å²) in [5.74, 6) is 0. The van der Waals surface area contributed by atoms with Crippen molar-refractivity contribution in [3.63, 3.8) is 0 Å². The van der Waals surface area contributed by atoms with Gasteiger partial charge in [0, 0.05) is 0 Å². The normalized spacial score (nSPS) is 8.65. The van der Waals surface area contributed by atoms with Gasteiger partial charge in [-0.05, 0) is 0 Å². The van der Waals surface area contributed by atoms with Crippen LogP contribution >= 0.6 is 0 Å². The molecular weight excluding hydrogens is 402 g/mol. The second kappa shape index (κ2) is 12.4. The van der Waals surface area contributed by atoms with Crippen molar-refractivity contribution in [3.8, 4) is 0 Å². The molecule has 4 aromatic carbocycles. The Kier molecular flexibility index (Phi) is 11.9. The Hall–Kier alpha value is -1.01. The third-order valence-corrected chi connectivity index (χ3v) is 3.10. The van der Waals surface area contributed by atoms with Gasteiger partial charge in [-0.2, -0.15) is 35.0 Å². The molecule has 0 saturated carbocycles. The van der Waals surface area contributed by atoms with Crippen LogP contribution in [0.2, 0.25) is 0 Å². The van der Waals surface area contributed by atoms with Crippen molar-refractivity contribution in [2.24, 2.45) is 0 Å². The summed E-state index contributed by atoms with van der Waals surface area (Å²) in [5.41, 5.74) is 0. The monoisotopic (exact) mass is 418 g/mol. The summed E-state index contributed by atoms with van der Waals surface area (Å²) in [6, 6.07) is 29.3. The molecule has 3 heteroatoms. The molecule has 0 unspecified atom stereocenters. The van der Waals surface area contributed by atoms with E-state index in [9.17, 15) is 0 Å². The fourth-order valence-electron chi connectivity index (χ4n) is 2.14. The summed E-state index contributed by atoms with van der Waals surface area (Å²) in [5, 5.41) is 5.32. The molecule has 4 rings (SSSR count). The zero-order valence-electron chi connectivity index (χ0n) is 12.9. The van der Waals surface area contributed by atoms with E-state index in [1.165, 1.54) is 45.8 Å². The molecule has 0 aliphatic heterocycles. The summed E-state index contributed by atoms with van der Waals surface area (Å²) in [7, 11) is 0. The molecule has 0 bridgehead atoms. The fraction of sp³-hybridized carbons (Fsp3) is 0.0500. The van der Waals surface area contributed by atoms with Crippen molar-refractivity contribution in [2.75, 3.05) is 0 Å². The van der Waals surface area contributed by atoms with Gasteiger partial charge in [-0.25, -0.2) is 0 Å². The Morgan fingerprint density at radius 2 is 1.04 bits per heavy atom. The minimum atomic E-state index is 0. The van der Waals surface area contributed by atoms with E-state index in [-0.39, 0.29) is 24.8 Å². The second-order valence-electron chi connectivity index (χ2n) is 4.60. The molecule has 0 radical (unpaired) electrons. The van der Waals surface area contributed by atoms with Crippen molar-refractivity contribution in [1.29, 1.82) is 0 Å². The topological polar surface area (TPSA) is 0 Å². The molecule has 0 spiro atoms. The maximum atomic E-state index is 2.12. The quantitative estimate of drug-likeness (QED) is 0.336. The van der Waals surface area contributed by atoms with E-state index in [1.807, 2.05) is 6.92 Å². The van der Waals surface area contributed by atoms with Gasteiger partial charge >= 0.3 is 34.9 Å². The molecule has 0 aliphatic rings. The largest absolute Gasteiger partial charge is 1.00 e. The van der Waals surface area contributed by atoms with Gasteiger partial charge in [-0.1, -0.05) is 12.1 Å². The van der Waals surface area contributed by atoms with E-state index in [1.54, 1.807) is 0 Å². The van der Waals surface area contributed by atoms with Gasteiger partial charge in [0.2, 0.25) is 0 Å². The van der Waals surface area contributed by atoms with E-state index < -0.39 is 0 Å². The predicted molar refractivity (Wildman–Crippen MR) is 90.8 cm³/mol. The van der Waals surface area contributed by atoms with E-state index in [4.69, 9.17) is 0 Å². The first-order chi connectivity index (χ1) is 10.3. The van der Waals surface area contributed by atoms with Gasteiger partial charge in [0.05, 0.1) is 0 Å². The van der Waals surface area contributed by atoms with Crippen LogP contribution in [0.5, 0.6) is 0 Å². The molecule has 0 nitrogen and oxygen atoms in total. The average Bonchev–Trinajstić information content (AvgIpc) is 3.17. The summed E-state index contributed by atoms with van der Waals surface area (Å²) < 4.78 is 2.09. The SMILES string of the molecule is C[CH]=[Zr+2].[Cl-].[Cl-].c1ccc2[cH-]ccc2c1.c1ccc2[cH-]ccc2c1. The molecule has 4 aromatic rings. The van der Waals surface area contributed by atoms with Crippen LogP contribution in [0.1, 0.15) is 6.92 Å². The third-order valence-electron chi connectivity index (χ3n) is 3.10. The second-order valence-corrected chi connectivity index (χ2v) is 6.02. The van der Waals surface area contributed by atoms with Crippen LogP contribution in [-0.2, 0) is 24.2 Å². The summed E-state index contributed by atoms with van der Waals surface area (Å²) >= 11 is 1.51. The Morgan fingerprint density at radius 3 is 1.39 bits per heavy atom. The van der Waals surface area contributed by atoms with Crippen molar-refractivity contribution in [3.05, 3.63) is 84.9 Å². The van der Waals surface area contributed by atoms with Gasteiger partial charge in [0.25, 0.3) is 0 Å². The van der Waals surface area contributed by atoms with Crippen LogP contribution in [0.25, 0.3) is 21.5 Å². The molecular formula is C20H18Cl2Zr-2. The van der Waals surface area contributed by atoms with Crippen LogP contribution < -0.4 is 24.8 Å². The van der Waals surface area contributed by atoms with E-state index >= 15 is 0 Å². The van der Waals surface area contributed by atoms with Gasteiger partial charge in [0.1, 0.15) is 0 Å². The van der Waals surface area contributed by atoms with Crippen LogP contribution in [0.15, 0.2) is 84.9 Å². The molecule has 0 aromatic heterocycles. The minimum absolute atomic E-state index is 0. The van der Waals surface area contributed by atoms with Crippen molar-refractivity contribution in [1.82, 2.24) is 0 Å². The number of benzene rings is 2. The maximum absolute atomic E-state index is 2.12. The summed E-state index contributed by atoms with van der Waals surface area (Å²) in [4.78, 5) is 0. The van der Waals surface area contributed by atoms with E-state index in [0.717, 1.165) is 0 Å². The number of fused-ring (bicyclic) bond motifs is 2. The van der Waals surface area contributed by atoms with Crippen molar-refractivity contribution >= 4 is 25.3 Å². The Morgan fingerprint density at radius 1 is 0.696 bits per heavy atom. The van der Waals surface area contributed by atoms with Crippen molar-refractivity contribution in [2.45, 2.75) is 6.92 Å². The first-order valence-corrected chi connectivity index (χ1v) is 8.43. The van der Waals surface area contributed by atoms with Crippen LogP contribution in [0, 0.1) is 0 Å². The molecule has 0 N–H and O–H groups in total. The smallest absolute Gasteiger partial charge is 0.0809 e. The summed E-state index contributed by atoms with van der Waals surface area (Å²) in [6.07, 6.45) is 0. The first-order valence-electron chi connectivity index (χ1n) is 7.01. The van der Waals surface area contributed by atoms with Crippen LogP contribution in [0.4, 0.5) is 0 Å². The third kappa shape index (κ3) is 6.96. The number of halogens is 2. The number of rotatable bonds is 0.